The van der Waals surface area contributed by atoms with E-state index in [4.69, 9.17) is 10.5 Å². The first kappa shape index (κ1) is 15.4. The van der Waals surface area contributed by atoms with Gasteiger partial charge in [0, 0.05) is 6.54 Å². The molecule has 2 aromatic rings. The number of halogens is 3. The van der Waals surface area contributed by atoms with Gasteiger partial charge in [0.25, 0.3) is 0 Å². The van der Waals surface area contributed by atoms with Gasteiger partial charge in [-0.25, -0.2) is 0 Å². The molecule has 0 spiro atoms. The predicted molar refractivity (Wildman–Crippen MR) is 76.5 cm³/mol. The normalized spacial score (nSPS) is 11.4. The minimum absolute atomic E-state index is 0.0113. The lowest BCUT2D eigenvalue weighted by molar-refractivity contribution is -0.138. The van der Waals surface area contributed by atoms with Gasteiger partial charge in [0.2, 0.25) is 0 Å². The van der Waals surface area contributed by atoms with Crippen LogP contribution < -0.4 is 15.8 Å². The van der Waals surface area contributed by atoms with E-state index in [0.717, 1.165) is 17.6 Å². The molecule has 4 nitrogen and oxygen atoms in total. The summed E-state index contributed by atoms with van der Waals surface area (Å²) in [6.07, 6.45) is -4.38. The van der Waals surface area contributed by atoms with Crippen LogP contribution in [-0.4, -0.2) is 11.0 Å². The summed E-state index contributed by atoms with van der Waals surface area (Å²) in [4.78, 5) is 0. The summed E-state index contributed by atoms with van der Waals surface area (Å²) >= 11 is 1.06. The Morgan fingerprint density at radius 1 is 1.33 bits per heavy atom. The van der Waals surface area contributed by atoms with Crippen LogP contribution in [0.4, 0.5) is 24.0 Å². The van der Waals surface area contributed by atoms with Crippen molar-refractivity contribution < 1.29 is 17.9 Å². The van der Waals surface area contributed by atoms with E-state index in [2.05, 4.69) is 9.69 Å². The summed E-state index contributed by atoms with van der Waals surface area (Å²) in [6, 6.07) is 5.42. The van der Waals surface area contributed by atoms with Gasteiger partial charge in [-0.3, -0.25) is 0 Å². The lowest BCUT2D eigenvalue weighted by Gasteiger charge is -2.13. The van der Waals surface area contributed by atoms with Crippen molar-refractivity contribution >= 4 is 22.4 Å². The number of nitrogens with one attached hydrogen (secondary N) is 1. The Morgan fingerprint density at radius 2 is 2.05 bits per heavy atom. The highest BCUT2D eigenvalue weighted by Crippen LogP contribution is 2.36. The highest BCUT2D eigenvalue weighted by Gasteiger charge is 2.32. The maximum atomic E-state index is 12.9. The molecule has 1 heterocycles. The number of hydrogen-bond acceptors (Lipinski definition) is 5. The summed E-state index contributed by atoms with van der Waals surface area (Å²) in [5, 5.41) is 3.42. The molecule has 0 saturated carbocycles. The Hall–Kier alpha value is -1.96. The molecule has 0 unspecified atom stereocenters. The van der Waals surface area contributed by atoms with Crippen LogP contribution >= 0.6 is 11.5 Å². The fraction of sp³-hybridized carbons (Fsp3) is 0.308. The molecule has 1 aromatic carbocycles. The average molecular weight is 317 g/mol. The number of anilines is 2. The van der Waals surface area contributed by atoms with Crippen molar-refractivity contribution in [1.29, 1.82) is 0 Å². The van der Waals surface area contributed by atoms with Gasteiger partial charge in [0.05, 0.1) is 12.2 Å². The molecule has 21 heavy (non-hydrogen) atoms. The number of nitrogen functional groups attached to an aromatic ring is 1. The number of rotatable bonds is 5. The largest absolute Gasteiger partial charge is 0.487 e. The summed E-state index contributed by atoms with van der Waals surface area (Å²) in [7, 11) is 0. The van der Waals surface area contributed by atoms with Crippen molar-refractivity contribution in [2.75, 3.05) is 17.7 Å². The number of aromatic nitrogens is 1. The maximum Gasteiger partial charge on any atom is 0.416 e. The van der Waals surface area contributed by atoms with Gasteiger partial charge in [0.1, 0.15) is 0 Å². The van der Waals surface area contributed by atoms with Crippen LogP contribution in [0.1, 0.15) is 18.1 Å². The molecule has 0 aliphatic carbocycles. The van der Waals surface area contributed by atoms with Gasteiger partial charge in [-0.15, -0.1) is 0 Å². The smallest absolute Gasteiger partial charge is 0.416 e. The van der Waals surface area contributed by atoms with Crippen LogP contribution in [0, 0.1) is 0 Å². The summed E-state index contributed by atoms with van der Waals surface area (Å²) in [5.41, 5.74) is 5.14. The molecular formula is C13H14F3N3OS. The Morgan fingerprint density at radius 3 is 2.71 bits per heavy atom. The second-order valence-corrected chi connectivity index (χ2v) is 4.94. The number of ether oxygens (including phenoxy) is 1. The molecule has 8 heteroatoms. The third-order valence-electron chi connectivity index (χ3n) is 2.72. The molecule has 3 N–H and O–H groups in total. The van der Waals surface area contributed by atoms with Crippen molar-refractivity contribution in [2.24, 2.45) is 0 Å². The maximum absolute atomic E-state index is 12.9. The Labute approximate surface area is 123 Å². The standard InChI is InChI=1S/C13H14F3N3OS/c1-2-20-10-11(17)19-21-12(10)18-7-8-5-3-4-6-9(8)13(14,15)16/h3-6,18H,2,7H2,1H3,(H2,17,19). The first-order valence-corrected chi connectivity index (χ1v) is 6.97. The van der Waals surface area contributed by atoms with Gasteiger partial charge in [0.15, 0.2) is 16.6 Å². The second kappa shape index (κ2) is 6.21. The molecule has 0 atom stereocenters. The van der Waals surface area contributed by atoms with Crippen LogP contribution in [0.25, 0.3) is 0 Å². The first-order valence-electron chi connectivity index (χ1n) is 6.20. The monoisotopic (exact) mass is 317 g/mol. The molecule has 0 aliphatic rings. The molecule has 1 aromatic heterocycles. The van der Waals surface area contributed by atoms with Gasteiger partial charge < -0.3 is 15.8 Å². The Balaban J connectivity index is 2.18. The minimum Gasteiger partial charge on any atom is -0.487 e. The van der Waals surface area contributed by atoms with Crippen molar-refractivity contribution in [2.45, 2.75) is 19.6 Å². The third-order valence-corrected chi connectivity index (χ3v) is 3.53. The van der Waals surface area contributed by atoms with Gasteiger partial charge >= 0.3 is 6.18 Å². The fourth-order valence-electron chi connectivity index (χ4n) is 1.82. The lowest BCUT2D eigenvalue weighted by atomic mass is 10.1. The highest BCUT2D eigenvalue weighted by atomic mass is 32.1. The zero-order chi connectivity index (χ0) is 15.5. The van der Waals surface area contributed by atoms with Gasteiger partial charge in [-0.05, 0) is 30.1 Å². The van der Waals surface area contributed by atoms with E-state index in [1.165, 1.54) is 12.1 Å². The van der Waals surface area contributed by atoms with E-state index in [0.29, 0.717) is 17.4 Å². The lowest BCUT2D eigenvalue weighted by Crippen LogP contribution is -2.11. The number of benzene rings is 1. The third kappa shape index (κ3) is 3.57. The van der Waals surface area contributed by atoms with E-state index >= 15 is 0 Å². The van der Waals surface area contributed by atoms with Crippen LogP contribution in [-0.2, 0) is 12.7 Å². The quantitative estimate of drug-likeness (QED) is 0.881. The molecule has 0 fully saturated rings. The van der Waals surface area contributed by atoms with E-state index in [1.807, 2.05) is 0 Å². The van der Waals surface area contributed by atoms with E-state index in [-0.39, 0.29) is 17.9 Å². The predicted octanol–water partition coefficient (Wildman–Crippen LogP) is 3.75. The van der Waals surface area contributed by atoms with Crippen LogP contribution in [0.15, 0.2) is 24.3 Å². The van der Waals surface area contributed by atoms with Crippen molar-refractivity contribution in [3.05, 3.63) is 35.4 Å². The zero-order valence-corrected chi connectivity index (χ0v) is 12.0. The van der Waals surface area contributed by atoms with Gasteiger partial charge in [-0.1, -0.05) is 18.2 Å². The number of alkyl halides is 3. The van der Waals surface area contributed by atoms with Crippen LogP contribution in [0.3, 0.4) is 0 Å². The molecule has 0 amide bonds. The summed E-state index contributed by atoms with van der Waals surface area (Å²) in [5.74, 6) is 0.612. The zero-order valence-electron chi connectivity index (χ0n) is 11.2. The second-order valence-electron chi connectivity index (χ2n) is 4.17. The molecule has 0 radical (unpaired) electrons. The van der Waals surface area contributed by atoms with E-state index < -0.39 is 11.7 Å². The van der Waals surface area contributed by atoms with Crippen molar-refractivity contribution in [3.8, 4) is 5.75 Å². The molecular weight excluding hydrogens is 303 g/mol. The van der Waals surface area contributed by atoms with E-state index in [1.54, 1.807) is 13.0 Å². The van der Waals surface area contributed by atoms with E-state index in [9.17, 15) is 13.2 Å². The summed E-state index contributed by atoms with van der Waals surface area (Å²) < 4.78 is 47.9. The molecule has 0 bridgehead atoms. The molecule has 114 valence electrons. The molecule has 0 saturated heterocycles. The Bertz CT molecular complexity index is 613. The molecule has 2 rings (SSSR count). The fourth-order valence-corrected chi connectivity index (χ4v) is 2.47. The highest BCUT2D eigenvalue weighted by molar-refractivity contribution is 7.11. The van der Waals surface area contributed by atoms with Crippen molar-refractivity contribution in [3.63, 3.8) is 0 Å². The number of nitrogens with zero attached hydrogens (tertiary/aromatic N) is 1. The van der Waals surface area contributed by atoms with Gasteiger partial charge in [-0.2, -0.15) is 17.5 Å². The molecule has 0 aliphatic heterocycles. The topological polar surface area (TPSA) is 60.2 Å². The number of hydrogen-bond donors (Lipinski definition) is 2. The Kier molecular flexibility index (Phi) is 4.56. The number of nitrogens with two attached hydrogens (primary N) is 1. The van der Waals surface area contributed by atoms with Crippen LogP contribution in [0.5, 0.6) is 5.75 Å². The first-order chi connectivity index (χ1) is 9.93. The van der Waals surface area contributed by atoms with Crippen LogP contribution in [0.2, 0.25) is 0 Å². The minimum atomic E-state index is -4.38. The van der Waals surface area contributed by atoms with Crippen molar-refractivity contribution in [1.82, 2.24) is 4.37 Å². The SMILES string of the molecule is CCOc1c(N)nsc1NCc1ccccc1C(F)(F)F. The summed E-state index contributed by atoms with van der Waals surface area (Å²) in [6.45, 7) is 2.20. The average Bonchev–Trinajstić information content (AvgIpc) is 2.78.